The van der Waals surface area contributed by atoms with Crippen molar-refractivity contribution in [2.75, 3.05) is 19.6 Å². The second kappa shape index (κ2) is 7.73. The first-order valence-electron chi connectivity index (χ1n) is 4.51. The highest BCUT2D eigenvalue weighted by atomic mass is 16.1. The van der Waals surface area contributed by atoms with Crippen LogP contribution >= 0.6 is 0 Å². The van der Waals surface area contributed by atoms with Crippen LogP contribution in [0.3, 0.4) is 0 Å². The van der Waals surface area contributed by atoms with Crippen molar-refractivity contribution in [3.8, 4) is 0 Å². The molecule has 0 rings (SSSR count). The molecule has 0 aliphatic rings. The van der Waals surface area contributed by atoms with Crippen molar-refractivity contribution in [2.45, 2.75) is 33.1 Å². The topological polar surface area (TPSA) is 20.3 Å². The fourth-order valence-corrected chi connectivity index (χ4v) is 1.05. The maximum absolute atomic E-state index is 10.1. The van der Waals surface area contributed by atoms with Gasteiger partial charge >= 0.3 is 0 Å². The Labute approximate surface area is 69.6 Å². The van der Waals surface area contributed by atoms with Gasteiger partial charge in [0, 0.05) is 13.0 Å². The Bertz CT molecular complexity index is 93.6. The highest BCUT2D eigenvalue weighted by molar-refractivity contribution is 5.49. The molecule has 0 amide bonds. The van der Waals surface area contributed by atoms with Gasteiger partial charge in [0.2, 0.25) is 0 Å². The van der Waals surface area contributed by atoms with E-state index in [-0.39, 0.29) is 0 Å². The monoisotopic (exact) mass is 157 g/mol. The normalized spacial score (nSPS) is 10.5. The van der Waals surface area contributed by atoms with Crippen LogP contribution in [0.25, 0.3) is 0 Å². The summed E-state index contributed by atoms with van der Waals surface area (Å²) < 4.78 is 0. The van der Waals surface area contributed by atoms with Gasteiger partial charge < -0.3 is 9.69 Å². The lowest BCUT2D eigenvalue weighted by molar-refractivity contribution is -0.108. The Balaban J connectivity index is 3.32. The number of carbonyl (C=O) groups is 1. The number of rotatable bonds is 7. The van der Waals surface area contributed by atoms with Crippen molar-refractivity contribution < 1.29 is 4.79 Å². The first kappa shape index (κ1) is 10.6. The predicted octanol–water partition coefficient (Wildman–Crippen LogP) is 1.70. The SMILES string of the molecule is CCCCN(CC)CCC=O. The van der Waals surface area contributed by atoms with Crippen LogP contribution in [0.4, 0.5) is 0 Å². The van der Waals surface area contributed by atoms with E-state index in [0.717, 1.165) is 25.9 Å². The predicted molar refractivity (Wildman–Crippen MR) is 47.7 cm³/mol. The summed E-state index contributed by atoms with van der Waals surface area (Å²) in [6, 6.07) is 0. The third-order valence-corrected chi connectivity index (χ3v) is 1.84. The lowest BCUT2D eigenvalue weighted by atomic mass is 10.3. The van der Waals surface area contributed by atoms with Crippen LogP contribution in [0.2, 0.25) is 0 Å². The molecule has 2 heteroatoms. The highest BCUT2D eigenvalue weighted by Crippen LogP contribution is 1.94. The summed E-state index contributed by atoms with van der Waals surface area (Å²) in [5.74, 6) is 0. The summed E-state index contributed by atoms with van der Waals surface area (Å²) in [4.78, 5) is 12.4. The van der Waals surface area contributed by atoms with E-state index in [1.54, 1.807) is 0 Å². The van der Waals surface area contributed by atoms with E-state index < -0.39 is 0 Å². The molecule has 0 saturated carbocycles. The number of hydrogen-bond donors (Lipinski definition) is 0. The first-order valence-corrected chi connectivity index (χ1v) is 4.51. The van der Waals surface area contributed by atoms with Gasteiger partial charge in [-0.1, -0.05) is 20.3 Å². The summed E-state index contributed by atoms with van der Waals surface area (Å²) in [5.41, 5.74) is 0. The van der Waals surface area contributed by atoms with Gasteiger partial charge in [0.05, 0.1) is 0 Å². The molecule has 0 N–H and O–H groups in total. The Morgan fingerprint density at radius 1 is 1.27 bits per heavy atom. The smallest absolute Gasteiger partial charge is 0.121 e. The van der Waals surface area contributed by atoms with Crippen LogP contribution in [-0.4, -0.2) is 30.8 Å². The molecule has 66 valence electrons. The molecule has 0 aliphatic heterocycles. The quantitative estimate of drug-likeness (QED) is 0.524. The molecule has 11 heavy (non-hydrogen) atoms. The van der Waals surface area contributed by atoms with Crippen molar-refractivity contribution in [1.29, 1.82) is 0 Å². The molecule has 0 aromatic rings. The number of carbonyl (C=O) groups excluding carboxylic acids is 1. The summed E-state index contributed by atoms with van der Waals surface area (Å²) in [7, 11) is 0. The van der Waals surface area contributed by atoms with Gasteiger partial charge in [-0.05, 0) is 19.5 Å². The molecular formula is C9H19NO. The van der Waals surface area contributed by atoms with Crippen molar-refractivity contribution in [3.05, 3.63) is 0 Å². The van der Waals surface area contributed by atoms with Gasteiger partial charge in [-0.15, -0.1) is 0 Å². The van der Waals surface area contributed by atoms with Gasteiger partial charge in [-0.2, -0.15) is 0 Å². The van der Waals surface area contributed by atoms with Crippen LogP contribution in [0.5, 0.6) is 0 Å². The zero-order valence-corrected chi connectivity index (χ0v) is 7.68. The van der Waals surface area contributed by atoms with Crippen LogP contribution in [0.15, 0.2) is 0 Å². The summed E-state index contributed by atoms with van der Waals surface area (Å²) >= 11 is 0. The molecule has 0 saturated heterocycles. The van der Waals surface area contributed by atoms with E-state index in [1.807, 2.05) is 0 Å². The maximum atomic E-state index is 10.1. The Morgan fingerprint density at radius 3 is 2.45 bits per heavy atom. The molecule has 0 unspecified atom stereocenters. The second-order valence-electron chi connectivity index (χ2n) is 2.74. The van der Waals surface area contributed by atoms with Crippen molar-refractivity contribution in [1.82, 2.24) is 4.90 Å². The zero-order chi connectivity index (χ0) is 8.53. The number of aldehydes is 1. The molecule has 0 aromatic carbocycles. The Kier molecular flexibility index (Phi) is 7.47. The standard InChI is InChI=1S/C9H19NO/c1-3-5-7-10(4-2)8-6-9-11/h9H,3-8H2,1-2H3. The molecule has 0 fully saturated rings. The highest BCUT2D eigenvalue weighted by Gasteiger charge is 1.98. The minimum Gasteiger partial charge on any atom is -0.303 e. The molecule has 0 spiro atoms. The largest absolute Gasteiger partial charge is 0.303 e. The van der Waals surface area contributed by atoms with E-state index in [2.05, 4.69) is 18.7 Å². The van der Waals surface area contributed by atoms with Crippen LogP contribution in [0, 0.1) is 0 Å². The van der Waals surface area contributed by atoms with E-state index in [9.17, 15) is 4.79 Å². The van der Waals surface area contributed by atoms with Crippen LogP contribution < -0.4 is 0 Å². The van der Waals surface area contributed by atoms with Gasteiger partial charge in [-0.3, -0.25) is 0 Å². The Hall–Kier alpha value is -0.370. The van der Waals surface area contributed by atoms with Crippen LogP contribution in [0.1, 0.15) is 33.1 Å². The molecular weight excluding hydrogens is 138 g/mol. The molecule has 0 bridgehead atoms. The van der Waals surface area contributed by atoms with E-state index in [0.29, 0.717) is 6.42 Å². The van der Waals surface area contributed by atoms with E-state index in [4.69, 9.17) is 0 Å². The lowest BCUT2D eigenvalue weighted by Crippen LogP contribution is -2.25. The number of unbranched alkanes of at least 4 members (excludes halogenated alkanes) is 1. The van der Waals surface area contributed by atoms with Gasteiger partial charge in [0.15, 0.2) is 0 Å². The molecule has 0 heterocycles. The average molecular weight is 157 g/mol. The third kappa shape index (κ3) is 6.05. The van der Waals surface area contributed by atoms with Gasteiger partial charge in [-0.25, -0.2) is 0 Å². The lowest BCUT2D eigenvalue weighted by Gasteiger charge is -2.18. The summed E-state index contributed by atoms with van der Waals surface area (Å²) in [6.45, 7) is 7.46. The fourth-order valence-electron chi connectivity index (χ4n) is 1.05. The van der Waals surface area contributed by atoms with Gasteiger partial charge in [0.1, 0.15) is 6.29 Å². The summed E-state index contributed by atoms with van der Waals surface area (Å²) in [5, 5.41) is 0. The minimum atomic E-state index is 0.678. The second-order valence-corrected chi connectivity index (χ2v) is 2.74. The average Bonchev–Trinajstić information content (AvgIpc) is 2.05. The van der Waals surface area contributed by atoms with E-state index in [1.165, 1.54) is 12.8 Å². The molecule has 0 aromatic heterocycles. The Morgan fingerprint density at radius 2 is 2.00 bits per heavy atom. The third-order valence-electron chi connectivity index (χ3n) is 1.84. The minimum absolute atomic E-state index is 0.678. The molecule has 0 aliphatic carbocycles. The number of nitrogens with zero attached hydrogens (tertiary/aromatic N) is 1. The number of hydrogen-bond acceptors (Lipinski definition) is 2. The van der Waals surface area contributed by atoms with E-state index >= 15 is 0 Å². The molecule has 0 radical (unpaired) electrons. The van der Waals surface area contributed by atoms with Crippen LogP contribution in [-0.2, 0) is 4.79 Å². The van der Waals surface area contributed by atoms with Crippen molar-refractivity contribution in [3.63, 3.8) is 0 Å². The van der Waals surface area contributed by atoms with Crippen molar-refractivity contribution >= 4 is 6.29 Å². The molecule has 2 nitrogen and oxygen atoms in total. The first-order chi connectivity index (χ1) is 5.35. The molecule has 0 atom stereocenters. The maximum Gasteiger partial charge on any atom is 0.121 e. The van der Waals surface area contributed by atoms with Gasteiger partial charge in [0.25, 0.3) is 0 Å². The summed E-state index contributed by atoms with van der Waals surface area (Å²) in [6.07, 6.45) is 4.15. The van der Waals surface area contributed by atoms with Crippen molar-refractivity contribution in [2.24, 2.45) is 0 Å². The zero-order valence-electron chi connectivity index (χ0n) is 7.68. The fraction of sp³-hybridized carbons (Fsp3) is 0.889.